The summed E-state index contributed by atoms with van der Waals surface area (Å²) in [5, 5.41) is 8.78. The number of aliphatic hydroxyl groups excluding tert-OH is 1. The van der Waals surface area contributed by atoms with E-state index in [0.29, 0.717) is 6.54 Å². The summed E-state index contributed by atoms with van der Waals surface area (Å²) in [6, 6.07) is 0. The molecule has 0 saturated heterocycles. The number of phosphoric ester groups is 1. The van der Waals surface area contributed by atoms with Gasteiger partial charge in [-0.3, -0.25) is 4.57 Å². The summed E-state index contributed by atoms with van der Waals surface area (Å²) in [6.45, 7) is 1.69. The van der Waals surface area contributed by atoms with Crippen LogP contribution in [0, 0.1) is 0 Å². The number of hydrogen-bond acceptors (Lipinski definition) is 6. The highest BCUT2D eigenvalue weighted by Gasteiger charge is 2.10. The fourth-order valence-corrected chi connectivity index (χ4v) is 1.35. The molecule has 6 nitrogen and oxygen atoms in total. The molecule has 0 spiro atoms. The molecule has 0 amide bonds. The van der Waals surface area contributed by atoms with E-state index in [9.17, 15) is 9.46 Å². The zero-order chi connectivity index (χ0) is 11.2. The molecule has 7 heteroatoms. The summed E-state index contributed by atoms with van der Waals surface area (Å²) in [5.74, 6) is 0. The van der Waals surface area contributed by atoms with Gasteiger partial charge in [0.15, 0.2) is 0 Å². The lowest BCUT2D eigenvalue weighted by molar-refractivity contribution is -0.227. The van der Waals surface area contributed by atoms with Gasteiger partial charge in [0.2, 0.25) is 0 Å². The third kappa shape index (κ3) is 8.62. The molecule has 2 atom stereocenters. The maximum Gasteiger partial charge on any atom is 0.268 e. The summed E-state index contributed by atoms with van der Waals surface area (Å²) < 4.78 is 19.9. The molecule has 0 bridgehead atoms. The Kier molecular flexibility index (Phi) is 6.52. The Labute approximate surface area is 84.1 Å². The highest BCUT2D eigenvalue weighted by Crippen LogP contribution is 2.37. The van der Waals surface area contributed by atoms with Crippen molar-refractivity contribution >= 4 is 7.82 Å². The molecule has 0 fully saturated rings. The summed E-state index contributed by atoms with van der Waals surface area (Å²) in [7, 11) is -0.637. The van der Waals surface area contributed by atoms with Crippen LogP contribution in [0.5, 0.6) is 0 Å². The summed E-state index contributed by atoms with van der Waals surface area (Å²) in [4.78, 5) is 12.8. The Hall–Kier alpha value is 0.0300. The van der Waals surface area contributed by atoms with Crippen LogP contribution in [-0.4, -0.2) is 50.0 Å². The second-order valence-corrected chi connectivity index (χ2v) is 4.64. The van der Waals surface area contributed by atoms with E-state index in [-0.39, 0.29) is 13.2 Å². The molecule has 0 rings (SSSR count). The topological polar surface area (TPSA) is 82.1 Å². The van der Waals surface area contributed by atoms with Gasteiger partial charge in [0.25, 0.3) is 7.82 Å². The van der Waals surface area contributed by atoms with Gasteiger partial charge in [0, 0.05) is 6.54 Å². The van der Waals surface area contributed by atoms with Gasteiger partial charge >= 0.3 is 0 Å². The van der Waals surface area contributed by atoms with Gasteiger partial charge in [-0.2, -0.15) is 0 Å². The van der Waals surface area contributed by atoms with Crippen molar-refractivity contribution in [1.82, 2.24) is 4.90 Å². The molecular formula is C7H17NO5P-. The maximum absolute atomic E-state index is 11.0. The van der Waals surface area contributed by atoms with Crippen molar-refractivity contribution < 1.29 is 23.6 Å². The lowest BCUT2D eigenvalue weighted by atomic mass is 10.5. The smallest absolute Gasteiger partial charge is 0.268 e. The van der Waals surface area contributed by atoms with Gasteiger partial charge in [-0.05, 0) is 21.0 Å². The first-order valence-electron chi connectivity index (χ1n) is 4.26. The number of likely N-dealkylation sites (N-methyl/N-ethyl adjacent to an activating group) is 1. The second-order valence-electron chi connectivity index (χ2n) is 3.23. The van der Waals surface area contributed by atoms with Crippen molar-refractivity contribution in [3.05, 3.63) is 0 Å². The van der Waals surface area contributed by atoms with Crippen LogP contribution in [0.1, 0.15) is 6.92 Å². The Morgan fingerprint density at radius 3 is 2.50 bits per heavy atom. The highest BCUT2D eigenvalue weighted by atomic mass is 31.2. The minimum absolute atomic E-state index is 0.0492. The average molecular weight is 226 g/mol. The summed E-state index contributed by atoms with van der Waals surface area (Å²) in [6.07, 6.45) is -0.824. The first kappa shape index (κ1) is 14.0. The van der Waals surface area contributed by atoms with Gasteiger partial charge in [-0.1, -0.05) is 0 Å². The molecular weight excluding hydrogens is 209 g/mol. The zero-order valence-electron chi connectivity index (χ0n) is 8.67. The molecule has 0 aromatic carbocycles. The molecule has 0 aliphatic carbocycles. The van der Waals surface area contributed by atoms with E-state index >= 15 is 0 Å². The van der Waals surface area contributed by atoms with Gasteiger partial charge in [-0.25, -0.2) is 0 Å². The van der Waals surface area contributed by atoms with Crippen LogP contribution >= 0.6 is 7.82 Å². The van der Waals surface area contributed by atoms with Crippen molar-refractivity contribution in [3.63, 3.8) is 0 Å². The summed E-state index contributed by atoms with van der Waals surface area (Å²) >= 11 is 0. The number of hydrogen-bond donors (Lipinski definition) is 1. The fourth-order valence-electron chi connectivity index (χ4n) is 0.572. The van der Waals surface area contributed by atoms with Crippen LogP contribution in [0.4, 0.5) is 0 Å². The van der Waals surface area contributed by atoms with Crippen molar-refractivity contribution in [2.75, 3.05) is 33.9 Å². The second kappa shape index (κ2) is 6.50. The first-order valence-corrected chi connectivity index (χ1v) is 5.72. The predicted molar refractivity (Wildman–Crippen MR) is 49.7 cm³/mol. The molecule has 0 aliphatic rings. The molecule has 0 saturated carbocycles. The molecule has 0 aliphatic heterocycles. The normalized spacial score (nSPS) is 18.1. The quantitative estimate of drug-likeness (QED) is 0.585. The maximum atomic E-state index is 11.0. The number of rotatable bonds is 7. The molecule has 1 N–H and O–H groups in total. The Morgan fingerprint density at radius 1 is 1.50 bits per heavy atom. The lowest BCUT2D eigenvalue weighted by Crippen LogP contribution is -2.21. The van der Waals surface area contributed by atoms with Crippen LogP contribution in [0.15, 0.2) is 0 Å². The van der Waals surface area contributed by atoms with Crippen LogP contribution < -0.4 is 4.89 Å². The largest absolute Gasteiger partial charge is 0.756 e. The Bertz CT molecular complexity index is 197. The van der Waals surface area contributed by atoms with Crippen molar-refractivity contribution in [2.45, 2.75) is 13.0 Å². The van der Waals surface area contributed by atoms with Gasteiger partial charge < -0.3 is 23.9 Å². The number of nitrogens with zero attached hydrogens (tertiary/aromatic N) is 1. The summed E-state index contributed by atoms with van der Waals surface area (Å²) in [5.41, 5.74) is 0. The van der Waals surface area contributed by atoms with E-state index < -0.39 is 13.9 Å². The van der Waals surface area contributed by atoms with Gasteiger partial charge in [-0.15, -0.1) is 0 Å². The first-order chi connectivity index (χ1) is 6.33. The van der Waals surface area contributed by atoms with Gasteiger partial charge in [0.05, 0.1) is 19.3 Å². The van der Waals surface area contributed by atoms with Crippen molar-refractivity contribution in [1.29, 1.82) is 0 Å². The average Bonchev–Trinajstić information content (AvgIpc) is 2.00. The van der Waals surface area contributed by atoms with E-state index in [1.807, 2.05) is 0 Å². The van der Waals surface area contributed by atoms with E-state index in [1.54, 1.807) is 19.0 Å². The monoisotopic (exact) mass is 226 g/mol. The van der Waals surface area contributed by atoms with Crippen molar-refractivity contribution in [2.24, 2.45) is 0 Å². The zero-order valence-corrected chi connectivity index (χ0v) is 9.57. The highest BCUT2D eigenvalue weighted by molar-refractivity contribution is 7.45. The minimum Gasteiger partial charge on any atom is -0.756 e. The molecule has 0 radical (unpaired) electrons. The third-order valence-corrected chi connectivity index (χ3v) is 2.23. The Balaban J connectivity index is 3.67. The van der Waals surface area contributed by atoms with Crippen LogP contribution in [0.2, 0.25) is 0 Å². The molecule has 0 aromatic rings. The van der Waals surface area contributed by atoms with Gasteiger partial charge in [0.1, 0.15) is 0 Å². The lowest BCUT2D eigenvalue weighted by Gasteiger charge is -2.23. The number of phosphoric acid groups is 1. The molecule has 14 heavy (non-hydrogen) atoms. The molecule has 0 heterocycles. The molecule has 2 unspecified atom stereocenters. The SMILES string of the molecule is CC(O)COP(=O)([O-])OCCN(C)C. The molecule has 86 valence electrons. The standard InChI is InChI=1S/C7H18NO5P/c1-7(9)6-13-14(10,11)12-5-4-8(2)3/h7,9H,4-6H2,1-3H3,(H,10,11)/p-1. The van der Waals surface area contributed by atoms with Crippen LogP contribution in [-0.2, 0) is 13.6 Å². The van der Waals surface area contributed by atoms with Crippen molar-refractivity contribution in [3.8, 4) is 0 Å². The van der Waals surface area contributed by atoms with Crippen LogP contribution in [0.3, 0.4) is 0 Å². The van der Waals surface area contributed by atoms with E-state index in [2.05, 4.69) is 9.05 Å². The van der Waals surface area contributed by atoms with E-state index in [1.165, 1.54) is 6.92 Å². The van der Waals surface area contributed by atoms with E-state index in [0.717, 1.165) is 0 Å². The Morgan fingerprint density at radius 2 is 2.07 bits per heavy atom. The minimum atomic E-state index is -4.24. The fraction of sp³-hybridized carbons (Fsp3) is 1.00. The third-order valence-electron chi connectivity index (χ3n) is 1.26. The van der Waals surface area contributed by atoms with E-state index in [4.69, 9.17) is 5.11 Å². The number of aliphatic hydroxyl groups is 1. The van der Waals surface area contributed by atoms with Crippen LogP contribution in [0.25, 0.3) is 0 Å². The molecule has 0 aromatic heterocycles. The predicted octanol–water partition coefficient (Wildman–Crippen LogP) is -0.570.